The van der Waals surface area contributed by atoms with Crippen LogP contribution in [0.2, 0.25) is 0 Å². The molecule has 7 heteroatoms. The van der Waals surface area contributed by atoms with Gasteiger partial charge >= 0.3 is 0 Å². The molecule has 0 aliphatic carbocycles. The third-order valence-corrected chi connectivity index (χ3v) is 3.58. The van der Waals surface area contributed by atoms with Crippen molar-refractivity contribution in [2.24, 2.45) is 0 Å². The lowest BCUT2D eigenvalue weighted by molar-refractivity contribution is 0.355. The van der Waals surface area contributed by atoms with Gasteiger partial charge in [-0.1, -0.05) is 0 Å². The monoisotopic (exact) mass is 337 g/mol. The highest BCUT2D eigenvalue weighted by molar-refractivity contribution is 5.68. The Bertz CT molecular complexity index is 855. The molecule has 0 spiro atoms. The minimum Gasteiger partial charge on any atom is -0.493 e. The third kappa shape index (κ3) is 3.77. The summed E-state index contributed by atoms with van der Waals surface area (Å²) in [5.41, 5.74) is 2.59. The van der Waals surface area contributed by atoms with Crippen LogP contribution >= 0.6 is 0 Å². The lowest BCUT2D eigenvalue weighted by Gasteiger charge is -2.12. The largest absolute Gasteiger partial charge is 0.493 e. The Kier molecular flexibility index (Phi) is 4.94. The van der Waals surface area contributed by atoms with Crippen LogP contribution in [-0.4, -0.2) is 36.2 Å². The fourth-order valence-electron chi connectivity index (χ4n) is 2.36. The molecule has 2 heterocycles. The van der Waals surface area contributed by atoms with E-state index in [1.165, 1.54) is 0 Å². The number of hydrogen-bond donors (Lipinski definition) is 2. The first-order valence-electron chi connectivity index (χ1n) is 7.69. The van der Waals surface area contributed by atoms with Crippen molar-refractivity contribution in [3.63, 3.8) is 0 Å². The third-order valence-electron chi connectivity index (χ3n) is 3.58. The van der Waals surface area contributed by atoms with Gasteiger partial charge < -0.3 is 20.1 Å². The van der Waals surface area contributed by atoms with Crippen molar-refractivity contribution in [2.45, 2.75) is 0 Å². The number of ether oxygens (including phenoxy) is 2. The molecule has 2 aromatic heterocycles. The predicted molar refractivity (Wildman–Crippen MR) is 97.6 cm³/mol. The second-order valence-electron chi connectivity index (χ2n) is 5.14. The van der Waals surface area contributed by atoms with Crippen molar-refractivity contribution >= 4 is 17.5 Å². The van der Waals surface area contributed by atoms with E-state index in [4.69, 9.17) is 9.47 Å². The topological polar surface area (TPSA) is 81.2 Å². The normalized spacial score (nSPS) is 10.2. The summed E-state index contributed by atoms with van der Waals surface area (Å²) in [6, 6.07) is 11.3. The Morgan fingerprint density at radius 3 is 2.32 bits per heavy atom. The van der Waals surface area contributed by atoms with E-state index in [2.05, 4.69) is 25.6 Å². The van der Waals surface area contributed by atoms with Gasteiger partial charge in [0.1, 0.15) is 5.82 Å². The summed E-state index contributed by atoms with van der Waals surface area (Å²) in [4.78, 5) is 13.0. The van der Waals surface area contributed by atoms with Crippen LogP contribution < -0.4 is 20.1 Å². The molecule has 2 N–H and O–H groups in total. The first-order valence-corrected chi connectivity index (χ1v) is 7.69. The number of rotatable bonds is 6. The second kappa shape index (κ2) is 7.48. The van der Waals surface area contributed by atoms with Crippen LogP contribution in [0.5, 0.6) is 11.5 Å². The predicted octanol–water partition coefficient (Wildman–Crippen LogP) is 3.34. The standard InChI is InChI=1S/C18H19N5O2/c1-19-18-22-14(12-6-8-20-9-7-12)11-17(23-18)21-13-4-5-15(24-2)16(10-13)25-3/h4-11H,1-3H3,(H2,19,21,22,23). The summed E-state index contributed by atoms with van der Waals surface area (Å²) in [7, 11) is 4.99. The Balaban J connectivity index is 1.95. The molecule has 0 bridgehead atoms. The fourth-order valence-corrected chi connectivity index (χ4v) is 2.36. The maximum Gasteiger partial charge on any atom is 0.224 e. The molecule has 0 saturated heterocycles. The zero-order chi connectivity index (χ0) is 17.6. The van der Waals surface area contributed by atoms with Crippen LogP contribution in [0.4, 0.5) is 17.5 Å². The molecule has 3 aromatic rings. The molecule has 1 aromatic carbocycles. The summed E-state index contributed by atoms with van der Waals surface area (Å²) in [6.07, 6.45) is 3.47. The minimum atomic E-state index is 0.525. The van der Waals surface area contributed by atoms with Crippen LogP contribution in [0.1, 0.15) is 0 Å². The number of hydrogen-bond acceptors (Lipinski definition) is 7. The van der Waals surface area contributed by atoms with Gasteiger partial charge in [-0.15, -0.1) is 0 Å². The molecule has 0 amide bonds. The summed E-state index contributed by atoms with van der Waals surface area (Å²) in [6.45, 7) is 0. The highest BCUT2D eigenvalue weighted by Crippen LogP contribution is 2.31. The second-order valence-corrected chi connectivity index (χ2v) is 5.14. The molecule has 0 unspecified atom stereocenters. The van der Waals surface area contributed by atoms with Crippen molar-refractivity contribution in [2.75, 3.05) is 31.9 Å². The van der Waals surface area contributed by atoms with Gasteiger partial charge in [-0.3, -0.25) is 4.98 Å². The Labute approximate surface area is 146 Å². The van der Waals surface area contributed by atoms with E-state index in [1.807, 2.05) is 36.4 Å². The van der Waals surface area contributed by atoms with Crippen LogP contribution in [0, 0.1) is 0 Å². The zero-order valence-electron chi connectivity index (χ0n) is 14.3. The minimum absolute atomic E-state index is 0.525. The molecule has 128 valence electrons. The van der Waals surface area contributed by atoms with Gasteiger partial charge in [0.05, 0.1) is 19.9 Å². The fraction of sp³-hybridized carbons (Fsp3) is 0.167. The van der Waals surface area contributed by atoms with Gasteiger partial charge in [0.25, 0.3) is 0 Å². The Hall–Kier alpha value is -3.35. The SMILES string of the molecule is CNc1nc(Nc2ccc(OC)c(OC)c2)cc(-c2ccncc2)n1. The number of pyridine rings is 1. The smallest absolute Gasteiger partial charge is 0.224 e. The highest BCUT2D eigenvalue weighted by Gasteiger charge is 2.09. The molecule has 25 heavy (non-hydrogen) atoms. The van der Waals surface area contributed by atoms with E-state index in [0.717, 1.165) is 16.9 Å². The number of aromatic nitrogens is 3. The zero-order valence-corrected chi connectivity index (χ0v) is 14.3. The van der Waals surface area contributed by atoms with Crippen LogP contribution in [0.3, 0.4) is 0 Å². The summed E-state index contributed by atoms with van der Waals surface area (Å²) < 4.78 is 10.6. The lowest BCUT2D eigenvalue weighted by atomic mass is 10.2. The lowest BCUT2D eigenvalue weighted by Crippen LogP contribution is -2.02. The summed E-state index contributed by atoms with van der Waals surface area (Å²) in [5, 5.41) is 6.25. The van der Waals surface area contributed by atoms with Gasteiger partial charge in [-0.2, -0.15) is 4.98 Å². The first-order chi connectivity index (χ1) is 12.2. The molecule has 0 atom stereocenters. The summed E-state index contributed by atoms with van der Waals surface area (Å²) >= 11 is 0. The molecule has 0 fully saturated rings. The van der Waals surface area contributed by atoms with Crippen LogP contribution in [0.15, 0.2) is 48.8 Å². The van der Waals surface area contributed by atoms with Gasteiger partial charge in [-0.25, -0.2) is 4.98 Å². The Morgan fingerprint density at radius 2 is 1.64 bits per heavy atom. The molecule has 7 nitrogen and oxygen atoms in total. The molecule has 0 radical (unpaired) electrons. The van der Waals surface area contributed by atoms with Crippen molar-refractivity contribution in [1.29, 1.82) is 0 Å². The number of methoxy groups -OCH3 is 2. The highest BCUT2D eigenvalue weighted by atomic mass is 16.5. The van der Waals surface area contributed by atoms with E-state index in [-0.39, 0.29) is 0 Å². The first kappa shape index (κ1) is 16.5. The number of nitrogens with zero attached hydrogens (tertiary/aromatic N) is 3. The Morgan fingerprint density at radius 1 is 0.880 bits per heavy atom. The quantitative estimate of drug-likeness (QED) is 0.714. The van der Waals surface area contributed by atoms with Crippen LogP contribution in [-0.2, 0) is 0 Å². The number of benzene rings is 1. The van der Waals surface area contributed by atoms with Gasteiger partial charge in [0.15, 0.2) is 11.5 Å². The van der Waals surface area contributed by atoms with E-state index in [1.54, 1.807) is 33.7 Å². The van der Waals surface area contributed by atoms with Crippen LogP contribution in [0.25, 0.3) is 11.3 Å². The van der Waals surface area contributed by atoms with Crippen molar-refractivity contribution in [3.8, 4) is 22.8 Å². The molecular weight excluding hydrogens is 318 g/mol. The molecule has 0 aliphatic rings. The number of nitrogens with one attached hydrogen (secondary N) is 2. The average molecular weight is 337 g/mol. The average Bonchev–Trinajstić information content (AvgIpc) is 2.68. The molecule has 3 rings (SSSR count). The maximum absolute atomic E-state index is 5.34. The van der Waals surface area contributed by atoms with E-state index < -0.39 is 0 Å². The van der Waals surface area contributed by atoms with Gasteiger partial charge in [-0.05, 0) is 24.3 Å². The van der Waals surface area contributed by atoms with Gasteiger partial charge in [0.2, 0.25) is 5.95 Å². The summed E-state index contributed by atoms with van der Waals surface area (Å²) in [5.74, 6) is 2.50. The van der Waals surface area contributed by atoms with Gasteiger partial charge in [0, 0.05) is 42.8 Å². The van der Waals surface area contributed by atoms with Crippen molar-refractivity contribution in [1.82, 2.24) is 15.0 Å². The molecule has 0 saturated carbocycles. The number of anilines is 3. The van der Waals surface area contributed by atoms with E-state index in [9.17, 15) is 0 Å². The maximum atomic E-state index is 5.34. The molecular formula is C18H19N5O2. The van der Waals surface area contributed by atoms with E-state index in [0.29, 0.717) is 23.3 Å². The molecule has 0 aliphatic heterocycles. The van der Waals surface area contributed by atoms with E-state index >= 15 is 0 Å². The van der Waals surface area contributed by atoms with Crippen molar-refractivity contribution in [3.05, 3.63) is 48.8 Å². The van der Waals surface area contributed by atoms with Crippen molar-refractivity contribution < 1.29 is 9.47 Å².